The molecule has 116 valence electrons. The summed E-state index contributed by atoms with van der Waals surface area (Å²) in [7, 11) is 0. The van der Waals surface area contributed by atoms with Crippen LogP contribution < -0.4 is 11.1 Å². The van der Waals surface area contributed by atoms with Gasteiger partial charge in [-0.05, 0) is 38.8 Å². The van der Waals surface area contributed by atoms with E-state index in [0.717, 1.165) is 29.7 Å². The molecule has 3 aliphatic rings. The van der Waals surface area contributed by atoms with Gasteiger partial charge in [0.05, 0.1) is 0 Å². The standard InChI is InChI=1S/C16H27N5/c1-10-13(17)19-15(16(2,3)4)20-14(10)18-12-9-21-7-5-11(12)6-8-21/h11-12H,5-9H2,1-4H3,(H3,17,18,19,20). The number of fused-ring (bicyclic) bond motifs is 3. The van der Waals surface area contributed by atoms with Crippen LogP contribution in [-0.2, 0) is 5.41 Å². The van der Waals surface area contributed by atoms with Gasteiger partial charge in [0.25, 0.3) is 0 Å². The minimum Gasteiger partial charge on any atom is -0.383 e. The highest BCUT2D eigenvalue weighted by molar-refractivity contribution is 5.55. The van der Waals surface area contributed by atoms with Crippen LogP contribution in [0.1, 0.15) is 45.0 Å². The van der Waals surface area contributed by atoms with Crippen molar-refractivity contribution < 1.29 is 0 Å². The third kappa shape index (κ3) is 2.84. The molecule has 0 spiro atoms. The maximum Gasteiger partial charge on any atom is 0.138 e. The van der Waals surface area contributed by atoms with E-state index < -0.39 is 0 Å². The van der Waals surface area contributed by atoms with Crippen molar-refractivity contribution in [2.75, 3.05) is 30.7 Å². The van der Waals surface area contributed by atoms with Crippen LogP contribution in [0, 0.1) is 12.8 Å². The van der Waals surface area contributed by atoms with Crippen LogP contribution in [-0.4, -0.2) is 40.5 Å². The minimum atomic E-state index is -0.0900. The maximum absolute atomic E-state index is 6.10. The zero-order chi connectivity index (χ0) is 15.2. The van der Waals surface area contributed by atoms with Crippen molar-refractivity contribution in [2.24, 2.45) is 5.92 Å². The molecule has 1 aromatic rings. The summed E-state index contributed by atoms with van der Waals surface area (Å²) in [5, 5.41) is 3.66. The highest BCUT2D eigenvalue weighted by atomic mass is 15.2. The number of piperidine rings is 3. The Morgan fingerprint density at radius 1 is 1.19 bits per heavy atom. The van der Waals surface area contributed by atoms with E-state index in [0.29, 0.717) is 11.9 Å². The van der Waals surface area contributed by atoms with Gasteiger partial charge >= 0.3 is 0 Å². The van der Waals surface area contributed by atoms with Crippen LogP contribution in [0.5, 0.6) is 0 Å². The van der Waals surface area contributed by atoms with Crippen LogP contribution in [0.3, 0.4) is 0 Å². The first-order valence-corrected chi connectivity index (χ1v) is 7.98. The lowest BCUT2D eigenvalue weighted by molar-refractivity contribution is 0.0973. The molecule has 2 bridgehead atoms. The number of hydrogen-bond acceptors (Lipinski definition) is 5. The second-order valence-electron chi connectivity index (χ2n) is 7.54. The van der Waals surface area contributed by atoms with Gasteiger partial charge in [0, 0.05) is 23.6 Å². The zero-order valence-corrected chi connectivity index (χ0v) is 13.6. The third-order valence-electron chi connectivity index (χ3n) is 4.83. The normalized spacial score (nSPS) is 28.7. The first-order valence-electron chi connectivity index (χ1n) is 7.98. The van der Waals surface area contributed by atoms with Gasteiger partial charge in [-0.1, -0.05) is 20.8 Å². The fourth-order valence-electron chi connectivity index (χ4n) is 3.31. The average molecular weight is 289 g/mol. The Labute approximate surface area is 127 Å². The quantitative estimate of drug-likeness (QED) is 0.873. The Balaban J connectivity index is 1.86. The summed E-state index contributed by atoms with van der Waals surface area (Å²) < 4.78 is 0. The largest absolute Gasteiger partial charge is 0.383 e. The lowest BCUT2D eigenvalue weighted by atomic mass is 9.84. The number of aromatic nitrogens is 2. The van der Waals surface area contributed by atoms with Gasteiger partial charge in [0.1, 0.15) is 17.5 Å². The van der Waals surface area contributed by atoms with Crippen molar-refractivity contribution in [3.05, 3.63) is 11.4 Å². The molecule has 3 fully saturated rings. The molecule has 4 heterocycles. The van der Waals surface area contributed by atoms with Gasteiger partial charge < -0.3 is 16.0 Å². The van der Waals surface area contributed by atoms with Crippen molar-refractivity contribution in [3.8, 4) is 0 Å². The van der Waals surface area contributed by atoms with Gasteiger partial charge in [-0.25, -0.2) is 9.97 Å². The van der Waals surface area contributed by atoms with Crippen LogP contribution >= 0.6 is 0 Å². The first-order chi connectivity index (χ1) is 9.84. The molecule has 5 heteroatoms. The third-order valence-corrected chi connectivity index (χ3v) is 4.83. The SMILES string of the molecule is Cc1c(N)nc(C(C)(C)C)nc1NC1CN2CCC1CC2. The van der Waals surface area contributed by atoms with E-state index in [4.69, 9.17) is 10.7 Å². The number of nitrogens with zero attached hydrogens (tertiary/aromatic N) is 3. The molecule has 0 saturated carbocycles. The Morgan fingerprint density at radius 3 is 2.38 bits per heavy atom. The van der Waals surface area contributed by atoms with Crippen molar-refractivity contribution in [1.82, 2.24) is 14.9 Å². The number of hydrogen-bond donors (Lipinski definition) is 2. The lowest BCUT2D eigenvalue weighted by Gasteiger charge is -2.45. The van der Waals surface area contributed by atoms with Crippen LogP contribution in [0.2, 0.25) is 0 Å². The Morgan fingerprint density at radius 2 is 1.86 bits per heavy atom. The summed E-state index contributed by atoms with van der Waals surface area (Å²) in [5.41, 5.74) is 6.98. The van der Waals surface area contributed by atoms with Gasteiger partial charge in [-0.15, -0.1) is 0 Å². The van der Waals surface area contributed by atoms with Crippen molar-refractivity contribution in [3.63, 3.8) is 0 Å². The van der Waals surface area contributed by atoms with E-state index in [-0.39, 0.29) is 5.41 Å². The van der Waals surface area contributed by atoms with Crippen LogP contribution in [0.15, 0.2) is 0 Å². The number of nitrogens with one attached hydrogen (secondary N) is 1. The molecular formula is C16H27N5. The fraction of sp³-hybridized carbons (Fsp3) is 0.750. The average Bonchev–Trinajstić information content (AvgIpc) is 2.44. The Kier molecular flexibility index (Phi) is 3.56. The van der Waals surface area contributed by atoms with E-state index in [1.807, 2.05) is 6.92 Å². The van der Waals surface area contributed by atoms with E-state index in [1.165, 1.54) is 25.9 Å². The summed E-state index contributed by atoms with van der Waals surface area (Å²) in [5.74, 6) is 3.10. The fourth-order valence-corrected chi connectivity index (χ4v) is 3.31. The maximum atomic E-state index is 6.10. The predicted octanol–water partition coefficient (Wildman–Crippen LogP) is 2.17. The molecule has 0 amide bonds. The molecule has 21 heavy (non-hydrogen) atoms. The van der Waals surface area contributed by atoms with Crippen LogP contribution in [0.25, 0.3) is 0 Å². The van der Waals surface area contributed by atoms with Gasteiger partial charge in [-0.2, -0.15) is 0 Å². The summed E-state index contributed by atoms with van der Waals surface area (Å²) in [6, 6.07) is 0.494. The second-order valence-corrected chi connectivity index (χ2v) is 7.54. The van der Waals surface area contributed by atoms with Gasteiger partial charge in [0.15, 0.2) is 0 Å². The highest BCUT2D eigenvalue weighted by Gasteiger charge is 2.34. The molecule has 1 unspecified atom stereocenters. The van der Waals surface area contributed by atoms with Crippen LogP contribution in [0.4, 0.5) is 11.6 Å². The minimum absolute atomic E-state index is 0.0900. The number of nitrogen functional groups attached to an aromatic ring is 1. The first kappa shape index (κ1) is 14.6. The molecule has 3 aliphatic heterocycles. The van der Waals surface area contributed by atoms with E-state index in [9.17, 15) is 0 Å². The molecule has 0 aliphatic carbocycles. The zero-order valence-electron chi connectivity index (χ0n) is 13.6. The molecule has 0 radical (unpaired) electrons. The van der Waals surface area contributed by atoms with E-state index in [1.54, 1.807) is 0 Å². The monoisotopic (exact) mass is 289 g/mol. The number of rotatable bonds is 2. The molecule has 1 aromatic heterocycles. The summed E-state index contributed by atoms with van der Waals surface area (Å²) in [6.07, 6.45) is 2.59. The summed E-state index contributed by atoms with van der Waals surface area (Å²) in [6.45, 7) is 12.0. The number of anilines is 2. The van der Waals surface area contributed by atoms with Gasteiger partial charge in [-0.3, -0.25) is 0 Å². The van der Waals surface area contributed by atoms with Crippen molar-refractivity contribution >= 4 is 11.6 Å². The molecule has 5 nitrogen and oxygen atoms in total. The highest BCUT2D eigenvalue weighted by Crippen LogP contribution is 2.31. The number of nitrogens with two attached hydrogens (primary N) is 1. The Bertz CT molecular complexity index is 526. The topological polar surface area (TPSA) is 67.1 Å². The van der Waals surface area contributed by atoms with E-state index in [2.05, 4.69) is 36.0 Å². The van der Waals surface area contributed by atoms with Gasteiger partial charge in [0.2, 0.25) is 0 Å². The predicted molar refractivity (Wildman–Crippen MR) is 86.5 cm³/mol. The lowest BCUT2D eigenvalue weighted by Crippen LogP contribution is -2.53. The molecule has 1 atom stereocenters. The molecule has 4 rings (SSSR count). The second kappa shape index (κ2) is 5.13. The van der Waals surface area contributed by atoms with Crippen molar-refractivity contribution in [1.29, 1.82) is 0 Å². The molecule has 0 aromatic carbocycles. The summed E-state index contributed by atoms with van der Waals surface area (Å²) in [4.78, 5) is 11.8. The van der Waals surface area contributed by atoms with Crippen molar-refractivity contribution in [2.45, 2.75) is 52.0 Å². The Hall–Kier alpha value is -1.36. The molecule has 3 saturated heterocycles. The van der Waals surface area contributed by atoms with E-state index >= 15 is 0 Å². The molecule has 3 N–H and O–H groups in total. The molecular weight excluding hydrogens is 262 g/mol. The summed E-state index contributed by atoms with van der Waals surface area (Å²) >= 11 is 0. The smallest absolute Gasteiger partial charge is 0.138 e.